The van der Waals surface area contributed by atoms with E-state index < -0.39 is 0 Å². The first-order valence-corrected chi connectivity index (χ1v) is 11.1. The highest BCUT2D eigenvalue weighted by Crippen LogP contribution is 2.35. The molecule has 1 amide bonds. The lowest BCUT2D eigenvalue weighted by Gasteiger charge is -2.25. The minimum Gasteiger partial charge on any atom is -0.346 e. The van der Waals surface area contributed by atoms with E-state index in [4.69, 9.17) is 5.73 Å². The second-order valence-corrected chi connectivity index (χ2v) is 8.83. The summed E-state index contributed by atoms with van der Waals surface area (Å²) in [6.07, 6.45) is 10.3. The van der Waals surface area contributed by atoms with Gasteiger partial charge in [0.2, 0.25) is 0 Å². The summed E-state index contributed by atoms with van der Waals surface area (Å²) in [5.41, 5.74) is 15.3. The Morgan fingerprint density at radius 1 is 1.13 bits per heavy atom. The van der Waals surface area contributed by atoms with E-state index in [1.54, 1.807) is 0 Å². The van der Waals surface area contributed by atoms with E-state index in [1.165, 1.54) is 16.7 Å². The molecule has 0 saturated carbocycles. The highest BCUT2D eigenvalue weighted by atomic mass is 16.2. The maximum absolute atomic E-state index is 13.7. The first-order valence-electron chi connectivity index (χ1n) is 11.1. The number of hydrogen-bond acceptors (Lipinski definition) is 3. The minimum atomic E-state index is 0.00870. The fourth-order valence-corrected chi connectivity index (χ4v) is 5.00. The van der Waals surface area contributed by atoms with Crippen molar-refractivity contribution in [2.24, 2.45) is 5.73 Å². The van der Waals surface area contributed by atoms with Crippen molar-refractivity contribution in [2.45, 2.75) is 52.1 Å². The molecule has 1 aliphatic carbocycles. The molecule has 1 unspecified atom stereocenters. The molecule has 3 aliphatic rings. The molecule has 1 atom stereocenters. The monoisotopic (exact) mass is 411 g/mol. The molecule has 0 aromatic heterocycles. The normalized spacial score (nSPS) is 20.4. The summed E-state index contributed by atoms with van der Waals surface area (Å²) in [5.74, 6) is 0.00870. The molecule has 0 radical (unpaired) electrons. The van der Waals surface area contributed by atoms with Crippen molar-refractivity contribution >= 4 is 17.2 Å². The molecular weight excluding hydrogens is 382 g/mol. The van der Waals surface area contributed by atoms with Crippen LogP contribution in [0.15, 0.2) is 72.2 Å². The lowest BCUT2D eigenvalue weighted by molar-refractivity contribution is 0.0997. The van der Waals surface area contributed by atoms with E-state index in [9.17, 15) is 4.79 Å². The van der Waals surface area contributed by atoms with Crippen molar-refractivity contribution in [3.8, 4) is 0 Å². The fourth-order valence-electron chi connectivity index (χ4n) is 5.00. The van der Waals surface area contributed by atoms with Gasteiger partial charge in [0.15, 0.2) is 0 Å². The standard InChI is InChI=1S/C27H29N3O/c1-18-15-20(12-13-23(18)24-9-5-10-25(28)19(24)2)27(31)30-17-22-8-6-14-29(22)16-21-7-3-4-11-26(21)30/h3-4,6-7,11-15,17,25H,5,8-10,16,28H2,1-2H3. The number of allylic oxidation sites excluding steroid dienone is 2. The Balaban J connectivity index is 1.52. The van der Waals surface area contributed by atoms with Crippen molar-refractivity contribution in [1.29, 1.82) is 0 Å². The Labute approximate surface area is 184 Å². The molecule has 2 aromatic rings. The largest absolute Gasteiger partial charge is 0.346 e. The molecule has 0 bridgehead atoms. The Kier molecular flexibility index (Phi) is 5.03. The van der Waals surface area contributed by atoms with Crippen molar-refractivity contribution in [1.82, 2.24) is 4.90 Å². The molecule has 0 saturated heterocycles. The van der Waals surface area contributed by atoms with Crippen LogP contribution in [0.25, 0.3) is 5.57 Å². The van der Waals surface area contributed by atoms with Gasteiger partial charge in [-0.15, -0.1) is 0 Å². The SMILES string of the molecule is CC1=C(c2ccc(C(=O)N3C=C4CC=CN4Cc4ccccc43)cc2C)CCCC1N. The molecule has 5 rings (SSSR count). The molecule has 0 fully saturated rings. The van der Waals surface area contributed by atoms with Crippen molar-refractivity contribution in [3.05, 3.63) is 94.5 Å². The average molecular weight is 412 g/mol. The maximum atomic E-state index is 13.7. The van der Waals surface area contributed by atoms with Crippen molar-refractivity contribution < 1.29 is 4.79 Å². The summed E-state index contributed by atoms with van der Waals surface area (Å²) in [7, 11) is 0. The van der Waals surface area contributed by atoms with Crippen LogP contribution in [-0.2, 0) is 6.54 Å². The second kappa shape index (κ2) is 7.86. The molecule has 0 spiro atoms. The van der Waals surface area contributed by atoms with Gasteiger partial charge in [0.25, 0.3) is 5.91 Å². The molecule has 2 aliphatic heterocycles. The van der Waals surface area contributed by atoms with Gasteiger partial charge in [0.05, 0.1) is 5.69 Å². The smallest absolute Gasteiger partial charge is 0.262 e. The van der Waals surface area contributed by atoms with Crippen LogP contribution in [0.2, 0.25) is 0 Å². The number of para-hydroxylation sites is 1. The summed E-state index contributed by atoms with van der Waals surface area (Å²) >= 11 is 0. The molecule has 2 aromatic carbocycles. The first kappa shape index (κ1) is 19.8. The van der Waals surface area contributed by atoms with Gasteiger partial charge in [-0.2, -0.15) is 0 Å². The number of carbonyl (C=O) groups is 1. The van der Waals surface area contributed by atoms with E-state index >= 15 is 0 Å². The Hall–Kier alpha value is -3.11. The number of anilines is 1. The van der Waals surface area contributed by atoms with Gasteiger partial charge >= 0.3 is 0 Å². The maximum Gasteiger partial charge on any atom is 0.262 e. The summed E-state index contributed by atoms with van der Waals surface area (Å²) < 4.78 is 0. The zero-order valence-electron chi connectivity index (χ0n) is 18.3. The molecule has 2 N–H and O–H groups in total. The van der Waals surface area contributed by atoms with Crippen molar-refractivity contribution in [2.75, 3.05) is 4.90 Å². The molecule has 2 heterocycles. The quantitative estimate of drug-likeness (QED) is 0.710. The number of fused-ring (bicyclic) bond motifs is 2. The van der Waals surface area contributed by atoms with Gasteiger partial charge in [-0.1, -0.05) is 35.9 Å². The van der Waals surface area contributed by atoms with Gasteiger partial charge in [0.1, 0.15) is 0 Å². The number of amides is 1. The zero-order valence-corrected chi connectivity index (χ0v) is 18.3. The number of hydrogen-bond donors (Lipinski definition) is 1. The van der Waals surface area contributed by atoms with Crippen LogP contribution in [0.3, 0.4) is 0 Å². The topological polar surface area (TPSA) is 49.6 Å². The zero-order chi connectivity index (χ0) is 21.5. The van der Waals surface area contributed by atoms with Crippen LogP contribution >= 0.6 is 0 Å². The molecule has 158 valence electrons. The molecule has 4 heteroatoms. The number of nitrogens with zero attached hydrogens (tertiary/aromatic N) is 2. The van der Waals surface area contributed by atoms with Gasteiger partial charge in [-0.3, -0.25) is 9.69 Å². The Morgan fingerprint density at radius 2 is 1.97 bits per heavy atom. The van der Waals surface area contributed by atoms with Gasteiger partial charge in [-0.25, -0.2) is 0 Å². The van der Waals surface area contributed by atoms with Gasteiger partial charge < -0.3 is 10.6 Å². The van der Waals surface area contributed by atoms with Gasteiger partial charge in [-0.05, 0) is 73.6 Å². The molecule has 4 nitrogen and oxygen atoms in total. The third-order valence-corrected chi connectivity index (χ3v) is 6.84. The number of aryl methyl sites for hydroxylation is 1. The third kappa shape index (κ3) is 3.51. The summed E-state index contributed by atoms with van der Waals surface area (Å²) in [4.78, 5) is 17.7. The summed E-state index contributed by atoms with van der Waals surface area (Å²) in [6.45, 7) is 5.04. The minimum absolute atomic E-state index is 0.00870. The summed E-state index contributed by atoms with van der Waals surface area (Å²) in [6, 6.07) is 14.4. The van der Waals surface area contributed by atoms with Crippen LogP contribution in [0.4, 0.5) is 5.69 Å². The number of nitrogens with two attached hydrogens (primary N) is 1. The van der Waals surface area contributed by atoms with E-state index in [1.807, 2.05) is 41.4 Å². The van der Waals surface area contributed by atoms with Crippen LogP contribution in [-0.4, -0.2) is 16.8 Å². The molecular formula is C27H29N3O. The van der Waals surface area contributed by atoms with Crippen molar-refractivity contribution in [3.63, 3.8) is 0 Å². The summed E-state index contributed by atoms with van der Waals surface area (Å²) in [5, 5.41) is 0. The number of carbonyl (C=O) groups excluding carboxylic acids is 1. The Morgan fingerprint density at radius 3 is 2.81 bits per heavy atom. The van der Waals surface area contributed by atoms with E-state index in [2.05, 4.69) is 43.2 Å². The Bertz CT molecular complexity index is 1140. The van der Waals surface area contributed by atoms with E-state index in [0.29, 0.717) is 5.56 Å². The van der Waals surface area contributed by atoms with Crippen LogP contribution in [0, 0.1) is 6.92 Å². The van der Waals surface area contributed by atoms with E-state index in [-0.39, 0.29) is 11.9 Å². The van der Waals surface area contributed by atoms with E-state index in [0.717, 1.165) is 54.7 Å². The predicted molar refractivity (Wildman–Crippen MR) is 126 cm³/mol. The number of rotatable bonds is 2. The lowest BCUT2D eigenvalue weighted by atomic mass is 9.83. The predicted octanol–water partition coefficient (Wildman–Crippen LogP) is 5.50. The number of benzene rings is 2. The van der Waals surface area contributed by atoms with Crippen LogP contribution in [0.5, 0.6) is 0 Å². The first-order chi connectivity index (χ1) is 15.0. The van der Waals surface area contributed by atoms with Crippen LogP contribution < -0.4 is 10.6 Å². The third-order valence-electron chi connectivity index (χ3n) is 6.84. The molecule has 31 heavy (non-hydrogen) atoms. The van der Waals surface area contributed by atoms with Crippen LogP contribution in [0.1, 0.15) is 59.7 Å². The fraction of sp³-hybridized carbons (Fsp3) is 0.296. The average Bonchev–Trinajstić information content (AvgIpc) is 3.14. The highest BCUT2D eigenvalue weighted by molar-refractivity contribution is 6.08. The second-order valence-electron chi connectivity index (χ2n) is 8.83. The van der Waals surface area contributed by atoms with Gasteiger partial charge in [0, 0.05) is 42.7 Å². The lowest BCUT2D eigenvalue weighted by Crippen LogP contribution is -2.26. The highest BCUT2D eigenvalue weighted by Gasteiger charge is 2.26.